The molecule has 0 aliphatic carbocycles. The van der Waals surface area contributed by atoms with Gasteiger partial charge in [-0.1, -0.05) is 13.8 Å². The molecule has 1 aliphatic rings. The fourth-order valence-electron chi connectivity index (χ4n) is 3.63. The van der Waals surface area contributed by atoms with Crippen LogP contribution in [0.1, 0.15) is 50.4 Å². The molecule has 3 aromatic heterocycles. The summed E-state index contributed by atoms with van der Waals surface area (Å²) in [5, 5.41) is 4.19. The quantitative estimate of drug-likeness (QED) is 0.742. The van der Waals surface area contributed by atoms with Gasteiger partial charge in [-0.25, -0.2) is 15.0 Å². The number of aromatic nitrogens is 3. The molecule has 0 atom stereocenters. The summed E-state index contributed by atoms with van der Waals surface area (Å²) < 4.78 is 12.2. The van der Waals surface area contributed by atoms with E-state index < -0.39 is 0 Å². The smallest absolute Gasteiger partial charge is 0.229 e. The molecule has 0 aromatic carbocycles. The minimum Gasteiger partial charge on any atom is -0.432 e. The summed E-state index contributed by atoms with van der Waals surface area (Å²) in [5.41, 5.74) is 10.9. The summed E-state index contributed by atoms with van der Waals surface area (Å²) in [6.07, 6.45) is 2.36. The van der Waals surface area contributed by atoms with E-state index in [0.717, 1.165) is 23.0 Å². The van der Waals surface area contributed by atoms with Crippen LogP contribution in [0.25, 0.3) is 22.2 Å². The van der Waals surface area contributed by atoms with Crippen molar-refractivity contribution in [1.29, 1.82) is 0 Å². The highest BCUT2D eigenvalue weighted by molar-refractivity contribution is 6.06. The molecule has 4 heterocycles. The van der Waals surface area contributed by atoms with E-state index in [4.69, 9.17) is 19.9 Å². The lowest BCUT2D eigenvalue weighted by Crippen LogP contribution is -2.33. The lowest BCUT2D eigenvalue weighted by atomic mass is 9.87. The number of nitrogens with zero attached hydrogens (tertiary/aromatic N) is 3. The van der Waals surface area contributed by atoms with Crippen LogP contribution in [-0.4, -0.2) is 33.6 Å². The Balaban J connectivity index is 2.03. The Hall–Kier alpha value is -2.25. The molecule has 7 heteroatoms. The number of pyridine rings is 1. The third-order valence-corrected chi connectivity index (χ3v) is 4.84. The molecule has 3 aromatic rings. The van der Waals surface area contributed by atoms with Crippen molar-refractivity contribution in [2.45, 2.75) is 52.2 Å². The van der Waals surface area contributed by atoms with Crippen molar-refractivity contribution in [2.75, 3.05) is 18.4 Å². The zero-order valence-corrected chi connectivity index (χ0v) is 15.7. The van der Waals surface area contributed by atoms with Crippen LogP contribution >= 0.6 is 0 Å². The van der Waals surface area contributed by atoms with Crippen molar-refractivity contribution in [3.63, 3.8) is 0 Å². The first-order valence-electron chi connectivity index (χ1n) is 9.08. The third-order valence-electron chi connectivity index (χ3n) is 4.84. The van der Waals surface area contributed by atoms with Crippen LogP contribution in [0.3, 0.4) is 0 Å². The zero-order chi connectivity index (χ0) is 18.5. The van der Waals surface area contributed by atoms with Gasteiger partial charge in [0, 0.05) is 25.1 Å². The van der Waals surface area contributed by atoms with Crippen molar-refractivity contribution in [1.82, 2.24) is 15.0 Å². The fourth-order valence-corrected chi connectivity index (χ4v) is 3.63. The number of nitrogens with one attached hydrogen (secondary N) is 1. The topological polar surface area (TPSA) is 99.1 Å². The van der Waals surface area contributed by atoms with Gasteiger partial charge >= 0.3 is 0 Å². The van der Waals surface area contributed by atoms with Crippen LogP contribution in [0.5, 0.6) is 0 Å². The zero-order valence-electron chi connectivity index (χ0n) is 15.7. The van der Waals surface area contributed by atoms with Gasteiger partial charge in [-0.3, -0.25) is 0 Å². The second kappa shape index (κ2) is 6.17. The summed E-state index contributed by atoms with van der Waals surface area (Å²) in [7, 11) is 0. The van der Waals surface area contributed by atoms with Crippen LogP contribution in [0.15, 0.2) is 10.7 Å². The fraction of sp³-hybridized carbons (Fsp3) is 0.526. The molecule has 0 amide bonds. The van der Waals surface area contributed by atoms with E-state index in [1.165, 1.54) is 11.1 Å². The largest absolute Gasteiger partial charge is 0.432 e. The summed E-state index contributed by atoms with van der Waals surface area (Å²) in [6.45, 7) is 10.2. The third kappa shape index (κ3) is 2.71. The maximum atomic E-state index is 6.13. The highest BCUT2D eigenvalue weighted by Crippen LogP contribution is 2.40. The second-order valence-corrected chi connectivity index (χ2v) is 7.73. The Morgan fingerprint density at radius 3 is 2.81 bits per heavy atom. The Bertz CT molecular complexity index is 977. The predicted molar refractivity (Wildman–Crippen MR) is 101 cm³/mol. The van der Waals surface area contributed by atoms with Crippen LogP contribution in [-0.2, 0) is 17.8 Å². The molecule has 0 bridgehead atoms. The van der Waals surface area contributed by atoms with Gasteiger partial charge in [-0.2, -0.15) is 0 Å². The lowest BCUT2D eigenvalue weighted by molar-refractivity contribution is -0.0402. The van der Waals surface area contributed by atoms with Gasteiger partial charge in [-0.05, 0) is 25.3 Å². The molecule has 0 radical (unpaired) electrons. The highest BCUT2D eigenvalue weighted by atomic mass is 16.5. The van der Waals surface area contributed by atoms with Crippen LogP contribution in [0, 0.1) is 0 Å². The molecule has 0 unspecified atom stereocenters. The van der Waals surface area contributed by atoms with Crippen molar-refractivity contribution < 1.29 is 9.15 Å². The molecular formula is C19H25N5O2. The Morgan fingerprint density at radius 2 is 2.08 bits per heavy atom. The number of anilines is 1. The Kier molecular flexibility index (Phi) is 4.08. The first-order chi connectivity index (χ1) is 12.4. The van der Waals surface area contributed by atoms with Crippen molar-refractivity contribution in [2.24, 2.45) is 5.73 Å². The average Bonchev–Trinajstić information content (AvgIpc) is 2.97. The minimum atomic E-state index is -0.229. The molecule has 3 N–H and O–H groups in total. The molecule has 7 nitrogen and oxygen atoms in total. The monoisotopic (exact) mass is 355 g/mol. The SMILES string of the molecule is CC(C)c1nc2oc3c(NCCN)ncnc3c2c2c1COC(C)(C)C2. The normalized spacial score (nSPS) is 16.4. The lowest BCUT2D eigenvalue weighted by Gasteiger charge is -2.33. The van der Waals surface area contributed by atoms with E-state index in [0.29, 0.717) is 36.8 Å². The van der Waals surface area contributed by atoms with Gasteiger partial charge in [-0.15, -0.1) is 0 Å². The summed E-state index contributed by atoms with van der Waals surface area (Å²) in [6, 6.07) is 0. The number of fused-ring (bicyclic) bond motifs is 5. The maximum Gasteiger partial charge on any atom is 0.229 e. The van der Waals surface area contributed by atoms with Gasteiger partial charge in [0.15, 0.2) is 11.4 Å². The molecule has 26 heavy (non-hydrogen) atoms. The molecule has 0 fully saturated rings. The first kappa shape index (κ1) is 17.2. The van der Waals surface area contributed by atoms with E-state index in [2.05, 4.69) is 43.0 Å². The molecule has 0 saturated heterocycles. The predicted octanol–water partition coefficient (Wildman–Crippen LogP) is 3.12. The average molecular weight is 355 g/mol. The summed E-state index contributed by atoms with van der Waals surface area (Å²) in [4.78, 5) is 13.7. The van der Waals surface area contributed by atoms with Crippen molar-refractivity contribution >= 4 is 28.0 Å². The molecule has 138 valence electrons. The molecule has 4 rings (SSSR count). The molecule has 0 saturated carbocycles. The van der Waals surface area contributed by atoms with Gasteiger partial charge in [0.05, 0.1) is 23.3 Å². The number of nitrogens with two attached hydrogens (primary N) is 1. The van der Waals surface area contributed by atoms with Gasteiger partial charge in [0.1, 0.15) is 11.8 Å². The Labute approximate surface area is 152 Å². The van der Waals surface area contributed by atoms with E-state index >= 15 is 0 Å². The number of hydrogen-bond donors (Lipinski definition) is 2. The number of rotatable bonds is 4. The highest BCUT2D eigenvalue weighted by Gasteiger charge is 2.32. The molecular weight excluding hydrogens is 330 g/mol. The van der Waals surface area contributed by atoms with Gasteiger partial charge in [0.2, 0.25) is 5.71 Å². The first-order valence-corrected chi connectivity index (χ1v) is 9.08. The summed E-state index contributed by atoms with van der Waals surface area (Å²) >= 11 is 0. The molecule has 1 aliphatic heterocycles. The van der Waals surface area contributed by atoms with Gasteiger partial charge in [0.25, 0.3) is 0 Å². The number of hydrogen-bond acceptors (Lipinski definition) is 7. The minimum absolute atomic E-state index is 0.229. The Morgan fingerprint density at radius 1 is 1.27 bits per heavy atom. The summed E-state index contributed by atoms with van der Waals surface area (Å²) in [5.74, 6) is 0.941. The van der Waals surface area contributed by atoms with E-state index in [-0.39, 0.29) is 11.5 Å². The second-order valence-electron chi connectivity index (χ2n) is 7.73. The van der Waals surface area contributed by atoms with Crippen LogP contribution in [0.4, 0.5) is 5.82 Å². The number of ether oxygens (including phenoxy) is 1. The van der Waals surface area contributed by atoms with Crippen molar-refractivity contribution in [3.8, 4) is 0 Å². The van der Waals surface area contributed by atoms with E-state index in [1.54, 1.807) is 6.33 Å². The standard InChI is InChI=1S/C19H25N5O2/c1-10(2)14-12-8-25-19(3,4)7-11(12)13-15-16(26-18(13)24-14)17(21-6-5-20)23-9-22-15/h9-10H,5-8,20H2,1-4H3,(H,21,22,23). The maximum absolute atomic E-state index is 6.13. The van der Waals surface area contributed by atoms with E-state index in [1.807, 2.05) is 0 Å². The van der Waals surface area contributed by atoms with Gasteiger partial charge < -0.3 is 20.2 Å². The van der Waals surface area contributed by atoms with Crippen molar-refractivity contribution in [3.05, 3.63) is 23.1 Å². The molecule has 0 spiro atoms. The number of furan rings is 1. The van der Waals surface area contributed by atoms with E-state index in [9.17, 15) is 0 Å². The van der Waals surface area contributed by atoms with Crippen LogP contribution in [0.2, 0.25) is 0 Å². The van der Waals surface area contributed by atoms with Crippen LogP contribution < -0.4 is 11.1 Å².